The minimum Gasteiger partial charge on any atom is -0.316 e. The lowest BCUT2D eigenvalue weighted by Crippen LogP contribution is -2.26. The molecule has 0 aliphatic carbocycles. The van der Waals surface area contributed by atoms with Crippen molar-refractivity contribution in [1.82, 2.24) is 19.8 Å². The molecule has 1 aliphatic heterocycles. The van der Waals surface area contributed by atoms with Crippen molar-refractivity contribution in [3.05, 3.63) is 12.4 Å². The second kappa shape index (κ2) is 8.02. The summed E-state index contributed by atoms with van der Waals surface area (Å²) in [7, 11) is -3.67. The van der Waals surface area contributed by atoms with E-state index in [1.165, 1.54) is 0 Å². The quantitative estimate of drug-likeness (QED) is 0.769. The molecule has 1 saturated heterocycles. The van der Waals surface area contributed by atoms with Gasteiger partial charge in [0.05, 0.1) is 6.20 Å². The van der Waals surface area contributed by atoms with Crippen LogP contribution in [0.2, 0.25) is 0 Å². The Labute approximate surface area is 128 Å². The van der Waals surface area contributed by atoms with Crippen molar-refractivity contribution in [2.45, 2.75) is 30.7 Å². The zero-order chi connectivity index (χ0) is 14.6. The van der Waals surface area contributed by atoms with E-state index < -0.39 is 23.0 Å². The Morgan fingerprint density at radius 1 is 1.52 bits per heavy atom. The summed E-state index contributed by atoms with van der Waals surface area (Å²) >= 11 is 0. The van der Waals surface area contributed by atoms with Crippen LogP contribution >= 0.6 is 12.4 Å². The number of sulfonamides is 1. The molecule has 0 bridgehead atoms. The molecule has 21 heavy (non-hydrogen) atoms. The van der Waals surface area contributed by atoms with Crippen LogP contribution in [-0.2, 0) is 16.6 Å². The van der Waals surface area contributed by atoms with Gasteiger partial charge in [-0.25, -0.2) is 21.9 Å². The predicted molar refractivity (Wildman–Crippen MR) is 76.3 cm³/mol. The molecule has 6 nitrogen and oxygen atoms in total. The minimum absolute atomic E-state index is 0. The standard InChI is InChI=1S/C11H18F2N4O2S.ClH/c12-11(13)8-17-7-10(6-15-17)20(18,19)16-4-2-9-1-3-14-5-9;/h6-7,9,11,14,16H,1-5,8H2;1H. The van der Waals surface area contributed by atoms with Crippen LogP contribution in [0.25, 0.3) is 0 Å². The molecule has 0 aromatic carbocycles. The van der Waals surface area contributed by atoms with Crippen LogP contribution in [0.4, 0.5) is 8.78 Å². The van der Waals surface area contributed by atoms with Crippen LogP contribution in [0.1, 0.15) is 12.8 Å². The van der Waals surface area contributed by atoms with Crippen molar-refractivity contribution in [2.24, 2.45) is 5.92 Å². The Hall–Kier alpha value is -0.770. The summed E-state index contributed by atoms with van der Waals surface area (Å²) in [6, 6.07) is 0. The molecule has 2 N–H and O–H groups in total. The molecule has 0 saturated carbocycles. The van der Waals surface area contributed by atoms with Gasteiger partial charge in [0, 0.05) is 12.7 Å². The maximum absolute atomic E-state index is 12.2. The van der Waals surface area contributed by atoms with Crippen molar-refractivity contribution in [3.8, 4) is 0 Å². The highest BCUT2D eigenvalue weighted by atomic mass is 35.5. The maximum Gasteiger partial charge on any atom is 0.257 e. The van der Waals surface area contributed by atoms with Gasteiger partial charge in [0.2, 0.25) is 10.0 Å². The van der Waals surface area contributed by atoms with Crippen LogP contribution in [0.15, 0.2) is 17.3 Å². The lowest BCUT2D eigenvalue weighted by Gasteiger charge is -2.08. The van der Waals surface area contributed by atoms with Gasteiger partial charge in [-0.3, -0.25) is 4.68 Å². The highest BCUT2D eigenvalue weighted by Crippen LogP contribution is 2.12. The average molecular weight is 345 g/mol. The Morgan fingerprint density at radius 2 is 2.29 bits per heavy atom. The van der Waals surface area contributed by atoms with Gasteiger partial charge in [0.15, 0.2) is 0 Å². The van der Waals surface area contributed by atoms with Gasteiger partial charge in [-0.1, -0.05) is 0 Å². The summed E-state index contributed by atoms with van der Waals surface area (Å²) in [6.45, 7) is 1.61. The van der Waals surface area contributed by atoms with Crippen LogP contribution in [0.3, 0.4) is 0 Å². The molecule has 0 radical (unpaired) electrons. The number of hydrogen-bond donors (Lipinski definition) is 2. The second-order valence-electron chi connectivity index (χ2n) is 4.83. The first-order valence-corrected chi connectivity index (χ1v) is 7.96. The maximum atomic E-state index is 12.2. The first kappa shape index (κ1) is 18.3. The highest BCUT2D eigenvalue weighted by molar-refractivity contribution is 7.89. The summed E-state index contributed by atoms with van der Waals surface area (Å²) in [5, 5.41) is 6.83. The number of hydrogen-bond acceptors (Lipinski definition) is 4. The number of aromatic nitrogens is 2. The minimum atomic E-state index is -3.67. The number of nitrogens with one attached hydrogen (secondary N) is 2. The van der Waals surface area contributed by atoms with Crippen LogP contribution in [-0.4, -0.2) is 44.3 Å². The summed E-state index contributed by atoms with van der Waals surface area (Å²) in [5.74, 6) is 0.485. The van der Waals surface area contributed by atoms with Crippen LogP contribution in [0, 0.1) is 5.92 Å². The summed E-state index contributed by atoms with van der Waals surface area (Å²) in [4.78, 5) is -0.0808. The smallest absolute Gasteiger partial charge is 0.257 e. The number of alkyl halides is 2. The first-order chi connectivity index (χ1) is 9.47. The van der Waals surface area contributed by atoms with E-state index in [9.17, 15) is 17.2 Å². The van der Waals surface area contributed by atoms with Crippen molar-refractivity contribution in [1.29, 1.82) is 0 Å². The Balaban J connectivity index is 0.00000220. The van der Waals surface area contributed by atoms with Gasteiger partial charge in [-0.15, -0.1) is 12.4 Å². The van der Waals surface area contributed by atoms with Gasteiger partial charge in [-0.2, -0.15) is 5.10 Å². The largest absolute Gasteiger partial charge is 0.316 e. The van der Waals surface area contributed by atoms with Crippen molar-refractivity contribution in [2.75, 3.05) is 19.6 Å². The van der Waals surface area contributed by atoms with Crippen LogP contribution < -0.4 is 10.0 Å². The number of nitrogens with zero attached hydrogens (tertiary/aromatic N) is 2. The molecule has 1 aliphatic rings. The molecule has 1 fully saturated rings. The topological polar surface area (TPSA) is 76.0 Å². The van der Waals surface area contributed by atoms with Crippen molar-refractivity contribution < 1.29 is 17.2 Å². The van der Waals surface area contributed by atoms with Gasteiger partial charge in [0.25, 0.3) is 6.43 Å². The molecule has 0 amide bonds. The van der Waals surface area contributed by atoms with Crippen molar-refractivity contribution >= 4 is 22.4 Å². The molecule has 2 heterocycles. The Bertz CT molecular complexity index is 532. The number of halogens is 3. The molecule has 122 valence electrons. The summed E-state index contributed by atoms with van der Waals surface area (Å²) in [5.41, 5.74) is 0. The molecule has 2 rings (SSSR count). The zero-order valence-corrected chi connectivity index (χ0v) is 13.0. The van der Waals surface area contributed by atoms with E-state index in [0.717, 1.165) is 43.0 Å². The third kappa shape index (κ3) is 5.50. The summed E-state index contributed by atoms with van der Waals surface area (Å²) in [6.07, 6.45) is 1.45. The van der Waals surface area contributed by atoms with E-state index in [2.05, 4.69) is 15.1 Å². The zero-order valence-electron chi connectivity index (χ0n) is 11.3. The van der Waals surface area contributed by atoms with Gasteiger partial charge in [0.1, 0.15) is 11.4 Å². The monoisotopic (exact) mass is 344 g/mol. The van der Waals surface area contributed by atoms with Gasteiger partial charge >= 0.3 is 0 Å². The third-order valence-electron chi connectivity index (χ3n) is 3.25. The highest BCUT2D eigenvalue weighted by Gasteiger charge is 2.19. The molecule has 1 aromatic heterocycles. The third-order valence-corrected chi connectivity index (χ3v) is 4.67. The first-order valence-electron chi connectivity index (χ1n) is 6.48. The molecule has 0 spiro atoms. The average Bonchev–Trinajstić information content (AvgIpc) is 2.99. The van der Waals surface area contributed by atoms with E-state index in [1.807, 2.05) is 0 Å². The second-order valence-corrected chi connectivity index (χ2v) is 6.60. The molecule has 10 heteroatoms. The van der Waals surface area contributed by atoms with Crippen LogP contribution in [0.5, 0.6) is 0 Å². The lowest BCUT2D eigenvalue weighted by molar-refractivity contribution is 0.121. The molecule has 1 aromatic rings. The fourth-order valence-electron chi connectivity index (χ4n) is 2.17. The molecular formula is C11H19ClF2N4O2S. The van der Waals surface area contributed by atoms with E-state index in [4.69, 9.17) is 0 Å². The molecule has 1 unspecified atom stereocenters. The fourth-order valence-corrected chi connectivity index (χ4v) is 3.17. The fraction of sp³-hybridized carbons (Fsp3) is 0.727. The van der Waals surface area contributed by atoms with Gasteiger partial charge < -0.3 is 5.32 Å². The Morgan fingerprint density at radius 3 is 2.90 bits per heavy atom. The number of rotatable bonds is 7. The van der Waals surface area contributed by atoms with E-state index >= 15 is 0 Å². The molecule has 1 atom stereocenters. The Kier molecular flexibility index (Phi) is 6.98. The van der Waals surface area contributed by atoms with E-state index in [-0.39, 0.29) is 17.3 Å². The van der Waals surface area contributed by atoms with Gasteiger partial charge in [-0.05, 0) is 31.8 Å². The van der Waals surface area contributed by atoms with E-state index in [0.29, 0.717) is 12.5 Å². The van der Waals surface area contributed by atoms with Crippen molar-refractivity contribution in [3.63, 3.8) is 0 Å². The van der Waals surface area contributed by atoms with E-state index in [1.54, 1.807) is 0 Å². The normalized spacial score (nSPS) is 18.9. The molecular weight excluding hydrogens is 326 g/mol. The predicted octanol–water partition coefficient (Wildman–Crippen LogP) is 0.848. The SMILES string of the molecule is Cl.O=S(=O)(NCCC1CCNC1)c1cnn(CC(F)F)c1. The lowest BCUT2D eigenvalue weighted by atomic mass is 10.1. The summed E-state index contributed by atoms with van der Waals surface area (Å²) < 4.78 is 51.6.